The minimum Gasteiger partial charge on any atom is -0.476 e. The third kappa shape index (κ3) is 10.0. The zero-order valence-electron chi connectivity index (χ0n) is 17.8. The fraction of sp³-hybridized carbons (Fsp3) is 0.818. The average molecular weight is 340 g/mol. The second-order valence-corrected chi connectivity index (χ2v) is 8.08. The molecule has 0 bridgehead atoms. The van der Waals surface area contributed by atoms with E-state index in [0.717, 1.165) is 0 Å². The monoisotopic (exact) mass is 340 g/mol. The Morgan fingerprint density at radius 2 is 1.12 bits per heavy atom. The van der Waals surface area contributed by atoms with E-state index < -0.39 is 6.15 Å². The Hall–Kier alpha value is -0.0577. The van der Waals surface area contributed by atoms with Crippen LogP contribution in [-0.4, -0.2) is 6.15 Å². The molecule has 0 atom stereocenters. The van der Waals surface area contributed by atoms with Gasteiger partial charge in [0.15, 0.2) is 0 Å². The van der Waals surface area contributed by atoms with Crippen LogP contribution < -0.4 is 24.3 Å². The van der Waals surface area contributed by atoms with Crippen molar-refractivity contribution in [2.45, 2.75) is 117 Å². The standard InChI is InChI=1S/C22H42BO.Li/c1-4-7-10-13-17-23(18-14-11-8-5-2,19-15-12-9-6-3)22-16-20-24-21-22;/h16,20-21H,4-15,17-19H2,1-3H3;/q-1;+1. The van der Waals surface area contributed by atoms with E-state index in [1.807, 2.05) is 6.26 Å². The minimum atomic E-state index is -0.406. The Morgan fingerprint density at radius 1 is 0.680 bits per heavy atom. The molecular formula is C22H42BLiO. The first kappa shape index (κ1) is 24.9. The average Bonchev–Trinajstić information content (AvgIpc) is 3.14. The van der Waals surface area contributed by atoms with Crippen LogP contribution in [0.1, 0.15) is 97.8 Å². The van der Waals surface area contributed by atoms with Gasteiger partial charge in [-0.25, -0.2) is 0 Å². The summed E-state index contributed by atoms with van der Waals surface area (Å²) in [5.41, 5.74) is 1.54. The first-order valence-electron chi connectivity index (χ1n) is 11.0. The Labute approximate surface area is 170 Å². The van der Waals surface area contributed by atoms with Gasteiger partial charge < -0.3 is 4.42 Å². The summed E-state index contributed by atoms with van der Waals surface area (Å²) in [7, 11) is 0. The molecule has 0 radical (unpaired) electrons. The van der Waals surface area contributed by atoms with Gasteiger partial charge in [0, 0.05) is 6.15 Å². The summed E-state index contributed by atoms with van der Waals surface area (Å²) in [6, 6.07) is 2.28. The van der Waals surface area contributed by atoms with Crippen molar-refractivity contribution < 1.29 is 23.3 Å². The van der Waals surface area contributed by atoms with Gasteiger partial charge in [-0.2, -0.15) is 24.4 Å². The molecule has 0 aliphatic heterocycles. The minimum absolute atomic E-state index is 0. The smallest absolute Gasteiger partial charge is 0.476 e. The first-order chi connectivity index (χ1) is 11.8. The fourth-order valence-corrected chi connectivity index (χ4v) is 4.44. The third-order valence-electron chi connectivity index (χ3n) is 6.08. The SMILES string of the molecule is CCCCCC[B-](CCCCCC)(CCCCCC)c1ccoc1.[Li+]. The number of unbranched alkanes of at least 4 members (excludes halogenated alkanes) is 9. The van der Waals surface area contributed by atoms with E-state index in [1.54, 1.807) is 5.46 Å². The molecule has 3 heteroatoms. The second-order valence-electron chi connectivity index (χ2n) is 8.08. The maximum atomic E-state index is 5.52. The second kappa shape index (κ2) is 16.1. The maximum Gasteiger partial charge on any atom is 1.00 e. The number of furan rings is 1. The van der Waals surface area contributed by atoms with E-state index in [0.29, 0.717) is 0 Å². The molecule has 0 amide bonds. The molecule has 0 spiro atoms. The molecule has 0 fully saturated rings. The van der Waals surface area contributed by atoms with Gasteiger partial charge in [0.2, 0.25) is 0 Å². The molecule has 1 aromatic rings. The molecule has 1 rings (SSSR count). The molecule has 0 N–H and O–H groups in total. The van der Waals surface area contributed by atoms with E-state index in [1.165, 1.54) is 96.0 Å². The van der Waals surface area contributed by atoms with E-state index in [9.17, 15) is 0 Å². The Morgan fingerprint density at radius 3 is 1.44 bits per heavy atom. The summed E-state index contributed by atoms with van der Waals surface area (Å²) in [5.74, 6) is 0. The summed E-state index contributed by atoms with van der Waals surface area (Å²) in [6.45, 7) is 6.93. The number of rotatable bonds is 16. The predicted octanol–water partition coefficient (Wildman–Crippen LogP) is 4.68. The summed E-state index contributed by atoms with van der Waals surface area (Å²) < 4.78 is 5.52. The maximum absolute atomic E-state index is 5.52. The van der Waals surface area contributed by atoms with Crippen LogP contribution in [-0.2, 0) is 0 Å². The van der Waals surface area contributed by atoms with Gasteiger partial charge in [-0.15, -0.1) is 0 Å². The Bertz CT molecular complexity index is 346. The van der Waals surface area contributed by atoms with E-state index >= 15 is 0 Å². The third-order valence-corrected chi connectivity index (χ3v) is 6.08. The van der Waals surface area contributed by atoms with Crippen LogP contribution >= 0.6 is 0 Å². The van der Waals surface area contributed by atoms with Crippen LogP contribution in [0.25, 0.3) is 0 Å². The van der Waals surface area contributed by atoms with E-state index in [2.05, 4.69) is 33.1 Å². The van der Waals surface area contributed by atoms with Crippen LogP contribution in [0.5, 0.6) is 0 Å². The normalized spacial score (nSPS) is 11.5. The van der Waals surface area contributed by atoms with Crippen molar-refractivity contribution >= 4 is 11.6 Å². The number of hydrogen-bond donors (Lipinski definition) is 0. The molecule has 25 heavy (non-hydrogen) atoms. The molecule has 0 aromatic carbocycles. The Kier molecular flexibility index (Phi) is 16.1. The van der Waals surface area contributed by atoms with Crippen molar-refractivity contribution in [3.8, 4) is 0 Å². The number of hydrogen-bond acceptors (Lipinski definition) is 1. The van der Waals surface area contributed by atoms with Gasteiger partial charge in [-0.05, 0) is 0 Å². The summed E-state index contributed by atoms with van der Waals surface area (Å²) in [6.07, 6.45) is 24.4. The molecule has 140 valence electrons. The van der Waals surface area contributed by atoms with Gasteiger partial charge in [-0.3, -0.25) is 0 Å². The zero-order valence-corrected chi connectivity index (χ0v) is 17.8. The molecule has 0 aliphatic carbocycles. The molecule has 0 saturated heterocycles. The van der Waals surface area contributed by atoms with Crippen LogP contribution in [0.2, 0.25) is 19.0 Å². The van der Waals surface area contributed by atoms with Crippen molar-refractivity contribution in [2.24, 2.45) is 0 Å². The van der Waals surface area contributed by atoms with Crippen LogP contribution in [0.3, 0.4) is 0 Å². The summed E-state index contributed by atoms with van der Waals surface area (Å²) >= 11 is 0. The van der Waals surface area contributed by atoms with Crippen LogP contribution in [0.4, 0.5) is 0 Å². The first-order valence-corrected chi connectivity index (χ1v) is 11.0. The van der Waals surface area contributed by atoms with Gasteiger partial charge in [-0.1, -0.05) is 104 Å². The molecule has 1 nitrogen and oxygen atoms in total. The van der Waals surface area contributed by atoms with Crippen molar-refractivity contribution in [3.63, 3.8) is 0 Å². The van der Waals surface area contributed by atoms with Crippen LogP contribution in [0, 0.1) is 0 Å². The van der Waals surface area contributed by atoms with Crippen molar-refractivity contribution in [2.75, 3.05) is 0 Å². The van der Waals surface area contributed by atoms with Gasteiger partial charge in [0.05, 0.1) is 12.5 Å². The Balaban J connectivity index is 0.00000576. The quantitative estimate of drug-likeness (QED) is 0.315. The van der Waals surface area contributed by atoms with E-state index in [-0.39, 0.29) is 18.9 Å². The largest absolute Gasteiger partial charge is 1.00 e. The van der Waals surface area contributed by atoms with Crippen molar-refractivity contribution in [3.05, 3.63) is 18.6 Å². The summed E-state index contributed by atoms with van der Waals surface area (Å²) in [5, 5.41) is 0. The van der Waals surface area contributed by atoms with Gasteiger partial charge in [0.1, 0.15) is 0 Å². The predicted molar refractivity (Wildman–Crippen MR) is 111 cm³/mol. The summed E-state index contributed by atoms with van der Waals surface area (Å²) in [4.78, 5) is 0. The molecule has 0 unspecified atom stereocenters. The molecule has 1 aromatic heterocycles. The molecule has 0 aliphatic rings. The van der Waals surface area contributed by atoms with Gasteiger partial charge in [0.25, 0.3) is 0 Å². The molecule has 1 heterocycles. The van der Waals surface area contributed by atoms with Crippen molar-refractivity contribution in [1.82, 2.24) is 0 Å². The van der Waals surface area contributed by atoms with E-state index in [4.69, 9.17) is 4.42 Å². The molecule has 0 saturated carbocycles. The zero-order chi connectivity index (χ0) is 17.5. The molecular weight excluding hydrogens is 298 g/mol. The van der Waals surface area contributed by atoms with Crippen LogP contribution in [0.15, 0.2) is 23.0 Å². The van der Waals surface area contributed by atoms with Crippen molar-refractivity contribution in [1.29, 1.82) is 0 Å². The topological polar surface area (TPSA) is 13.1 Å². The fourth-order valence-electron chi connectivity index (χ4n) is 4.44. The van der Waals surface area contributed by atoms with Gasteiger partial charge >= 0.3 is 18.9 Å².